The molecule has 0 spiro atoms. The van der Waals surface area contributed by atoms with Crippen LogP contribution in [-0.4, -0.2) is 4.98 Å². The number of nitrogens with zero attached hydrogens (tertiary/aromatic N) is 1. The Labute approximate surface area is 116 Å². The fourth-order valence-corrected chi connectivity index (χ4v) is 2.11. The Hall–Kier alpha value is -1.07. The van der Waals surface area contributed by atoms with Crippen LogP contribution >= 0.6 is 31.9 Å². The Morgan fingerprint density at radius 2 is 2.00 bits per heavy atom. The largest absolute Gasteiger partial charge is 0.437 e. The summed E-state index contributed by atoms with van der Waals surface area (Å²) in [5, 5.41) is 0. The summed E-state index contributed by atoms with van der Waals surface area (Å²) >= 11 is 6.77. The standard InChI is InChI=1S/C12H10Br2N2O/c1-7-4-8(13)6-16-12(7)17-11-5-9(15)2-3-10(11)14/h2-6H,15H2,1H3. The van der Waals surface area contributed by atoms with Gasteiger partial charge in [-0.2, -0.15) is 0 Å². The van der Waals surface area contributed by atoms with Crippen LogP contribution in [0.25, 0.3) is 0 Å². The van der Waals surface area contributed by atoms with Crippen LogP contribution in [0, 0.1) is 6.92 Å². The van der Waals surface area contributed by atoms with E-state index >= 15 is 0 Å². The Morgan fingerprint density at radius 1 is 1.24 bits per heavy atom. The molecule has 2 rings (SSSR count). The van der Waals surface area contributed by atoms with Crippen molar-refractivity contribution in [3.05, 3.63) is 45.0 Å². The number of ether oxygens (including phenoxy) is 1. The topological polar surface area (TPSA) is 48.1 Å². The average Bonchev–Trinajstić information content (AvgIpc) is 2.27. The van der Waals surface area contributed by atoms with Gasteiger partial charge in [-0.15, -0.1) is 0 Å². The van der Waals surface area contributed by atoms with Crippen LogP contribution in [0.3, 0.4) is 0 Å². The van der Waals surface area contributed by atoms with Crippen LogP contribution in [0.2, 0.25) is 0 Å². The lowest BCUT2D eigenvalue weighted by Gasteiger charge is -2.09. The molecule has 0 bridgehead atoms. The first-order chi connectivity index (χ1) is 8.06. The number of nitrogen functional groups attached to an aromatic ring is 1. The third-order valence-corrected chi connectivity index (χ3v) is 3.25. The molecule has 0 atom stereocenters. The highest BCUT2D eigenvalue weighted by Crippen LogP contribution is 2.32. The maximum absolute atomic E-state index is 5.72. The first-order valence-electron chi connectivity index (χ1n) is 4.91. The van der Waals surface area contributed by atoms with Gasteiger partial charge in [0.15, 0.2) is 0 Å². The predicted octanol–water partition coefficient (Wildman–Crippen LogP) is 4.29. The molecule has 0 unspecified atom stereocenters. The molecule has 0 saturated heterocycles. The van der Waals surface area contributed by atoms with E-state index in [1.165, 1.54) is 0 Å². The van der Waals surface area contributed by atoms with Gasteiger partial charge in [0.25, 0.3) is 0 Å². The van der Waals surface area contributed by atoms with Crippen molar-refractivity contribution in [2.45, 2.75) is 6.92 Å². The summed E-state index contributed by atoms with van der Waals surface area (Å²) in [7, 11) is 0. The normalized spacial score (nSPS) is 10.3. The van der Waals surface area contributed by atoms with Crippen molar-refractivity contribution in [3.8, 4) is 11.6 Å². The Kier molecular flexibility index (Phi) is 3.69. The molecular weight excluding hydrogens is 348 g/mol. The molecule has 0 amide bonds. The monoisotopic (exact) mass is 356 g/mol. The van der Waals surface area contributed by atoms with Crippen molar-refractivity contribution in [3.63, 3.8) is 0 Å². The molecule has 88 valence electrons. The molecule has 0 aliphatic heterocycles. The fraction of sp³-hybridized carbons (Fsp3) is 0.0833. The smallest absolute Gasteiger partial charge is 0.222 e. The number of rotatable bonds is 2. The minimum Gasteiger partial charge on any atom is -0.437 e. The number of pyridine rings is 1. The molecule has 5 heteroatoms. The summed E-state index contributed by atoms with van der Waals surface area (Å²) in [5.74, 6) is 1.22. The number of hydrogen-bond acceptors (Lipinski definition) is 3. The lowest BCUT2D eigenvalue weighted by molar-refractivity contribution is 0.456. The highest BCUT2D eigenvalue weighted by Gasteiger charge is 2.07. The third-order valence-electron chi connectivity index (χ3n) is 2.16. The Bertz CT molecular complexity index is 558. The van der Waals surface area contributed by atoms with E-state index in [1.807, 2.05) is 19.1 Å². The van der Waals surface area contributed by atoms with E-state index in [4.69, 9.17) is 10.5 Å². The van der Waals surface area contributed by atoms with Crippen molar-refractivity contribution in [1.29, 1.82) is 0 Å². The number of nitrogens with two attached hydrogens (primary N) is 1. The van der Waals surface area contributed by atoms with Crippen molar-refractivity contribution in [2.24, 2.45) is 0 Å². The van der Waals surface area contributed by atoms with E-state index in [0.29, 0.717) is 17.3 Å². The van der Waals surface area contributed by atoms with E-state index in [-0.39, 0.29) is 0 Å². The van der Waals surface area contributed by atoms with E-state index in [1.54, 1.807) is 18.3 Å². The first kappa shape index (κ1) is 12.4. The summed E-state index contributed by atoms with van der Waals surface area (Å²) in [4.78, 5) is 4.21. The van der Waals surface area contributed by atoms with Crippen molar-refractivity contribution >= 4 is 37.5 Å². The average molecular weight is 358 g/mol. The van der Waals surface area contributed by atoms with Crippen LogP contribution in [-0.2, 0) is 0 Å². The van der Waals surface area contributed by atoms with E-state index in [2.05, 4.69) is 36.8 Å². The highest BCUT2D eigenvalue weighted by molar-refractivity contribution is 9.10. The van der Waals surface area contributed by atoms with Gasteiger partial charge in [0.1, 0.15) is 5.75 Å². The molecule has 2 N–H and O–H groups in total. The predicted molar refractivity (Wildman–Crippen MR) is 75.3 cm³/mol. The van der Waals surface area contributed by atoms with Gasteiger partial charge in [-0.1, -0.05) is 0 Å². The molecule has 0 aliphatic carbocycles. The zero-order chi connectivity index (χ0) is 12.4. The van der Waals surface area contributed by atoms with Gasteiger partial charge < -0.3 is 10.5 Å². The van der Waals surface area contributed by atoms with E-state index < -0.39 is 0 Å². The lowest BCUT2D eigenvalue weighted by atomic mass is 10.3. The number of anilines is 1. The van der Waals surface area contributed by atoms with E-state index in [9.17, 15) is 0 Å². The van der Waals surface area contributed by atoms with Crippen molar-refractivity contribution in [1.82, 2.24) is 4.98 Å². The number of aromatic nitrogens is 1. The van der Waals surface area contributed by atoms with Crippen LogP contribution in [0.1, 0.15) is 5.56 Å². The lowest BCUT2D eigenvalue weighted by Crippen LogP contribution is -1.93. The molecule has 0 aliphatic rings. The van der Waals surface area contributed by atoms with Gasteiger partial charge in [-0.25, -0.2) is 4.98 Å². The SMILES string of the molecule is Cc1cc(Br)cnc1Oc1cc(N)ccc1Br. The second-order valence-corrected chi connectivity index (χ2v) is 5.34. The third kappa shape index (κ3) is 2.98. The minimum absolute atomic E-state index is 0.569. The summed E-state index contributed by atoms with van der Waals surface area (Å²) in [6, 6.07) is 7.35. The van der Waals surface area contributed by atoms with E-state index in [0.717, 1.165) is 14.5 Å². The van der Waals surface area contributed by atoms with Crippen molar-refractivity contribution < 1.29 is 4.74 Å². The van der Waals surface area contributed by atoms with Gasteiger partial charge in [-0.05, 0) is 57.0 Å². The molecule has 1 aromatic carbocycles. The number of benzene rings is 1. The quantitative estimate of drug-likeness (QED) is 0.815. The van der Waals surface area contributed by atoms with Gasteiger partial charge in [0, 0.05) is 28.0 Å². The fourth-order valence-electron chi connectivity index (χ4n) is 1.34. The van der Waals surface area contributed by atoms with Crippen LogP contribution in [0.4, 0.5) is 5.69 Å². The van der Waals surface area contributed by atoms with Crippen molar-refractivity contribution in [2.75, 3.05) is 5.73 Å². The molecule has 0 radical (unpaired) electrons. The van der Waals surface area contributed by atoms with Gasteiger partial charge in [-0.3, -0.25) is 0 Å². The maximum Gasteiger partial charge on any atom is 0.222 e. The number of hydrogen-bond donors (Lipinski definition) is 1. The van der Waals surface area contributed by atoms with Crippen LogP contribution < -0.4 is 10.5 Å². The molecule has 2 aromatic rings. The number of halogens is 2. The van der Waals surface area contributed by atoms with Crippen LogP contribution in [0.15, 0.2) is 39.4 Å². The molecule has 1 aromatic heterocycles. The molecule has 0 saturated carbocycles. The van der Waals surface area contributed by atoms with Gasteiger partial charge in [0.05, 0.1) is 4.47 Å². The van der Waals surface area contributed by atoms with Gasteiger partial charge in [0.2, 0.25) is 5.88 Å². The summed E-state index contributed by atoms with van der Waals surface area (Å²) in [6.07, 6.45) is 1.70. The second-order valence-electron chi connectivity index (χ2n) is 3.57. The maximum atomic E-state index is 5.72. The molecular formula is C12H10Br2N2O. The summed E-state index contributed by atoms with van der Waals surface area (Å²) in [6.45, 7) is 1.94. The zero-order valence-corrected chi connectivity index (χ0v) is 12.2. The Balaban J connectivity index is 2.34. The molecule has 1 heterocycles. The first-order valence-corrected chi connectivity index (χ1v) is 6.50. The Morgan fingerprint density at radius 3 is 2.71 bits per heavy atom. The van der Waals surface area contributed by atoms with Gasteiger partial charge >= 0.3 is 0 Å². The second kappa shape index (κ2) is 5.06. The van der Waals surface area contributed by atoms with Crippen LogP contribution in [0.5, 0.6) is 11.6 Å². The zero-order valence-electron chi connectivity index (χ0n) is 9.08. The highest BCUT2D eigenvalue weighted by atomic mass is 79.9. The summed E-state index contributed by atoms with van der Waals surface area (Å²) < 4.78 is 7.49. The molecule has 17 heavy (non-hydrogen) atoms. The minimum atomic E-state index is 0.569. The summed E-state index contributed by atoms with van der Waals surface area (Å²) in [5.41, 5.74) is 7.32. The molecule has 0 fully saturated rings. The molecule has 3 nitrogen and oxygen atoms in total. The number of aryl methyl sites for hydroxylation is 1.